The van der Waals surface area contributed by atoms with Gasteiger partial charge >= 0.3 is 6.03 Å². The molecule has 3 amide bonds. The summed E-state index contributed by atoms with van der Waals surface area (Å²) in [6.45, 7) is 18.8. The highest BCUT2D eigenvalue weighted by molar-refractivity contribution is 7.85. The zero-order chi connectivity index (χ0) is 33.0. The minimum absolute atomic E-state index is 0.176. The Bertz CT molecular complexity index is 1570. The third kappa shape index (κ3) is 9.78. The van der Waals surface area contributed by atoms with E-state index >= 15 is 0 Å². The highest BCUT2D eigenvalue weighted by Crippen LogP contribution is 2.27. The van der Waals surface area contributed by atoms with Gasteiger partial charge in [0, 0.05) is 43.1 Å². The van der Waals surface area contributed by atoms with E-state index < -0.39 is 10.1 Å². The number of anilines is 3. The van der Waals surface area contributed by atoms with Crippen molar-refractivity contribution < 1.29 is 22.6 Å². The number of hydrogen-bond donors (Lipinski definition) is 3. The molecule has 3 aromatic rings. The number of hydrogen-bond acceptors (Lipinski definition) is 7. The van der Waals surface area contributed by atoms with Gasteiger partial charge in [-0.15, -0.1) is 0 Å². The highest BCUT2D eigenvalue weighted by Gasteiger charge is 2.30. The largest absolute Gasteiger partial charge is 0.353 e. The van der Waals surface area contributed by atoms with Crippen molar-refractivity contribution in [3.05, 3.63) is 59.4 Å². The van der Waals surface area contributed by atoms with E-state index in [1.165, 1.54) is 0 Å². The number of rotatable bonds is 4. The molecule has 1 aliphatic rings. The van der Waals surface area contributed by atoms with Crippen molar-refractivity contribution in [3.63, 3.8) is 0 Å². The Balaban J connectivity index is 0.000000978. The fraction of sp³-hybridized carbons (Fsp3) is 0.484. The maximum absolute atomic E-state index is 13.1. The molecule has 0 saturated carbocycles. The number of carbonyl (C=O) groups is 2. The molecule has 1 aromatic carbocycles. The first kappa shape index (κ1) is 34.5. The molecule has 1 fully saturated rings. The first-order valence-electron chi connectivity index (χ1n) is 14.4. The first-order chi connectivity index (χ1) is 20.2. The molecule has 4 rings (SSSR count). The summed E-state index contributed by atoms with van der Waals surface area (Å²) in [5, 5.41) is 10.7. The average molecular weight is 628 g/mol. The van der Waals surface area contributed by atoms with Crippen LogP contribution in [-0.2, 0) is 20.3 Å². The third-order valence-electron chi connectivity index (χ3n) is 6.85. The van der Waals surface area contributed by atoms with Gasteiger partial charge in [-0.05, 0) is 38.1 Å². The lowest BCUT2D eigenvalue weighted by molar-refractivity contribution is -0.139. The minimum atomic E-state index is -3.67. The number of nitrogens with one attached hydrogen (secondary N) is 2. The van der Waals surface area contributed by atoms with Crippen LogP contribution in [0, 0.1) is 19.3 Å². The van der Waals surface area contributed by atoms with Crippen molar-refractivity contribution in [2.24, 2.45) is 5.41 Å². The zero-order valence-corrected chi connectivity index (χ0v) is 27.9. The van der Waals surface area contributed by atoms with E-state index in [-0.39, 0.29) is 22.8 Å². The van der Waals surface area contributed by atoms with E-state index in [4.69, 9.17) is 14.6 Å². The molecule has 0 bridgehead atoms. The first-order valence-corrected chi connectivity index (χ1v) is 16.3. The number of piperazine rings is 1. The normalized spacial score (nSPS) is 14.0. The number of aryl methyl sites for hydroxylation is 2. The van der Waals surface area contributed by atoms with Gasteiger partial charge in [0.15, 0.2) is 0 Å². The van der Waals surface area contributed by atoms with Crippen LogP contribution < -0.4 is 15.5 Å². The van der Waals surface area contributed by atoms with Gasteiger partial charge in [0.25, 0.3) is 10.1 Å². The lowest BCUT2D eigenvalue weighted by Gasteiger charge is -2.38. The predicted molar refractivity (Wildman–Crippen MR) is 174 cm³/mol. The van der Waals surface area contributed by atoms with Crippen LogP contribution in [-0.4, -0.2) is 77.0 Å². The van der Waals surface area contributed by atoms with Crippen molar-refractivity contribution in [2.45, 2.75) is 60.8 Å². The SMILES string of the molecule is CS(=O)(=O)O.Cc1ccc(-n2nc(C(C)(C)C)cc2NC(=O)Nc2ccc(N3CCN(C(=O)C(C)(C)C)CC3)nc2C)cc1. The van der Waals surface area contributed by atoms with Crippen LogP contribution in [0.4, 0.5) is 22.1 Å². The number of pyridine rings is 1. The van der Waals surface area contributed by atoms with Crippen molar-refractivity contribution in [1.82, 2.24) is 19.7 Å². The van der Waals surface area contributed by atoms with Crippen molar-refractivity contribution in [2.75, 3.05) is 48.0 Å². The molecule has 1 aliphatic heterocycles. The van der Waals surface area contributed by atoms with Gasteiger partial charge < -0.3 is 15.1 Å². The van der Waals surface area contributed by atoms with E-state index in [1.54, 1.807) is 4.68 Å². The summed E-state index contributed by atoms with van der Waals surface area (Å²) < 4.78 is 27.6. The smallest absolute Gasteiger partial charge is 0.324 e. The standard InChI is InChI=1S/C30H41N7O2.CH4O3S/c1-20-9-11-22(12-10-20)37-26(19-24(34-37)29(3,4)5)33-28(39)32-23-13-14-25(31-21(23)2)35-15-17-36(18-16-35)27(38)30(6,7)8;1-5(2,3)4/h9-14,19H,15-18H2,1-8H3,(H2,32,33,39);1H3,(H,2,3,4). The average Bonchev–Trinajstić information content (AvgIpc) is 3.33. The van der Waals surface area contributed by atoms with Crippen molar-refractivity contribution in [3.8, 4) is 5.69 Å². The van der Waals surface area contributed by atoms with Crippen molar-refractivity contribution >= 4 is 39.4 Å². The molecule has 44 heavy (non-hydrogen) atoms. The molecule has 2 aromatic heterocycles. The van der Waals surface area contributed by atoms with Gasteiger partial charge in [-0.3, -0.25) is 14.7 Å². The fourth-order valence-electron chi connectivity index (χ4n) is 4.46. The summed E-state index contributed by atoms with van der Waals surface area (Å²) in [4.78, 5) is 34.5. The Morgan fingerprint density at radius 1 is 0.886 bits per heavy atom. The zero-order valence-electron chi connectivity index (χ0n) is 27.1. The second kappa shape index (κ2) is 13.3. The van der Waals surface area contributed by atoms with Crippen LogP contribution in [0.3, 0.4) is 0 Å². The van der Waals surface area contributed by atoms with E-state index in [0.29, 0.717) is 30.9 Å². The predicted octanol–water partition coefficient (Wildman–Crippen LogP) is 5.02. The summed E-state index contributed by atoms with van der Waals surface area (Å²) in [6, 6.07) is 13.4. The maximum atomic E-state index is 13.1. The molecule has 0 atom stereocenters. The molecule has 12 nitrogen and oxygen atoms in total. The molecule has 0 radical (unpaired) electrons. The number of carbonyl (C=O) groups excluding carboxylic acids is 2. The molecule has 240 valence electrons. The van der Waals surface area contributed by atoms with Gasteiger partial charge in [-0.2, -0.15) is 13.5 Å². The molecular formula is C31H45N7O5S. The van der Waals surface area contributed by atoms with Gasteiger partial charge in [0.2, 0.25) is 5.91 Å². The Hall–Kier alpha value is -3.97. The molecule has 3 heterocycles. The van der Waals surface area contributed by atoms with E-state index in [9.17, 15) is 18.0 Å². The molecule has 0 unspecified atom stereocenters. The number of urea groups is 1. The summed E-state index contributed by atoms with van der Waals surface area (Å²) in [7, 11) is -3.67. The summed E-state index contributed by atoms with van der Waals surface area (Å²) >= 11 is 0. The number of benzene rings is 1. The second-order valence-corrected chi connectivity index (χ2v) is 14.5. The lowest BCUT2D eigenvalue weighted by atomic mass is 9.92. The Kier molecular flexibility index (Phi) is 10.5. The molecule has 0 aliphatic carbocycles. The molecule has 0 spiro atoms. The van der Waals surface area contributed by atoms with E-state index in [1.807, 2.05) is 82.0 Å². The second-order valence-electron chi connectivity index (χ2n) is 13.1. The van der Waals surface area contributed by atoms with Crippen LogP contribution >= 0.6 is 0 Å². The maximum Gasteiger partial charge on any atom is 0.324 e. The van der Waals surface area contributed by atoms with Gasteiger partial charge in [-0.25, -0.2) is 14.5 Å². The van der Waals surface area contributed by atoms with Crippen molar-refractivity contribution in [1.29, 1.82) is 0 Å². The van der Waals surface area contributed by atoms with E-state index in [0.717, 1.165) is 41.5 Å². The molecule has 1 saturated heterocycles. The Labute approximate surface area is 260 Å². The monoisotopic (exact) mass is 627 g/mol. The molecule has 3 N–H and O–H groups in total. The van der Waals surface area contributed by atoms with Gasteiger partial charge in [-0.1, -0.05) is 59.2 Å². The van der Waals surface area contributed by atoms with E-state index in [2.05, 4.69) is 36.3 Å². The fourth-order valence-corrected chi connectivity index (χ4v) is 4.46. The van der Waals surface area contributed by atoms with Crippen LogP contribution in [0.2, 0.25) is 0 Å². The lowest BCUT2D eigenvalue weighted by Crippen LogP contribution is -2.51. The Morgan fingerprint density at radius 3 is 1.95 bits per heavy atom. The highest BCUT2D eigenvalue weighted by atomic mass is 32.2. The van der Waals surface area contributed by atoms with Gasteiger partial charge in [0.05, 0.1) is 29.0 Å². The minimum Gasteiger partial charge on any atom is -0.353 e. The Morgan fingerprint density at radius 2 is 1.45 bits per heavy atom. The quantitative estimate of drug-likeness (QED) is 0.341. The van der Waals surface area contributed by atoms with Crippen LogP contribution in [0.1, 0.15) is 58.5 Å². The topological polar surface area (TPSA) is 150 Å². The van der Waals surface area contributed by atoms with Crippen LogP contribution in [0.5, 0.6) is 0 Å². The molecular weight excluding hydrogens is 582 g/mol. The van der Waals surface area contributed by atoms with Crippen LogP contribution in [0.15, 0.2) is 42.5 Å². The molecule has 13 heteroatoms. The van der Waals surface area contributed by atoms with Gasteiger partial charge in [0.1, 0.15) is 11.6 Å². The summed E-state index contributed by atoms with van der Waals surface area (Å²) in [5.41, 5.74) is 3.71. The number of nitrogens with zero attached hydrogens (tertiary/aromatic N) is 5. The summed E-state index contributed by atoms with van der Waals surface area (Å²) in [5.74, 6) is 1.61. The third-order valence-corrected chi connectivity index (χ3v) is 6.85. The number of amides is 3. The van der Waals surface area contributed by atoms with Crippen LogP contribution in [0.25, 0.3) is 5.69 Å². The summed E-state index contributed by atoms with van der Waals surface area (Å²) in [6.07, 6.45) is 0.715. The number of aromatic nitrogens is 3.